The Morgan fingerprint density at radius 3 is 2.64 bits per heavy atom. The third-order valence-electron chi connectivity index (χ3n) is 11.4. The number of halogens is 1. The van der Waals surface area contributed by atoms with E-state index >= 15 is 0 Å². The molecule has 10 atom stereocenters. The van der Waals surface area contributed by atoms with Crippen LogP contribution in [0.1, 0.15) is 103 Å². The first-order chi connectivity index (χ1) is 17.1. The number of fused-ring (bicyclic) bond motifs is 5. The molecule has 4 aliphatic carbocycles. The van der Waals surface area contributed by atoms with Gasteiger partial charge >= 0.3 is 0 Å². The van der Waals surface area contributed by atoms with Crippen molar-refractivity contribution in [2.45, 2.75) is 104 Å². The van der Waals surface area contributed by atoms with E-state index in [1.165, 1.54) is 6.42 Å². The van der Waals surface area contributed by atoms with Gasteiger partial charge in [0.05, 0.1) is 16.5 Å². The van der Waals surface area contributed by atoms with Crippen molar-refractivity contribution in [3.05, 3.63) is 21.3 Å². The van der Waals surface area contributed by atoms with Crippen molar-refractivity contribution >= 4 is 34.6 Å². The normalized spacial score (nSPS) is 41.7. The second-order valence-corrected chi connectivity index (χ2v) is 14.9. The van der Waals surface area contributed by atoms with Crippen molar-refractivity contribution in [2.24, 2.45) is 46.3 Å². The minimum atomic E-state index is -0.288. The van der Waals surface area contributed by atoms with Crippen LogP contribution >= 0.6 is 22.9 Å². The second-order valence-electron chi connectivity index (χ2n) is 13.1. The first-order valence-corrected chi connectivity index (χ1v) is 15.5. The molecule has 0 aliphatic heterocycles. The molecule has 5 rings (SSSR count). The number of amides is 1. The van der Waals surface area contributed by atoms with Crippen LogP contribution in [-0.2, 0) is 9.59 Å². The zero-order chi connectivity index (χ0) is 25.8. The SMILES string of the molecule is CC[C@@H](NC(=O)C[C@@H](C)[C@H]1CC[C@H]2[C@@H]3[C@@H](O)C[C@@H]4CC(=O)CC[C@]4(C)[C@H]3CC[C@]12C)c1ccc(Cl)s1. The average molecular weight is 534 g/mol. The van der Waals surface area contributed by atoms with Gasteiger partial charge in [0, 0.05) is 24.1 Å². The molecule has 36 heavy (non-hydrogen) atoms. The Bertz CT molecular complexity index is 995. The molecule has 4 fully saturated rings. The Hall–Kier alpha value is -0.910. The van der Waals surface area contributed by atoms with Crippen molar-refractivity contribution in [2.75, 3.05) is 0 Å². The lowest BCUT2D eigenvalue weighted by atomic mass is 9.44. The van der Waals surface area contributed by atoms with Gasteiger partial charge in [0.2, 0.25) is 5.91 Å². The average Bonchev–Trinajstić information content (AvgIpc) is 3.41. The summed E-state index contributed by atoms with van der Waals surface area (Å²) in [6.45, 7) is 9.27. The summed E-state index contributed by atoms with van der Waals surface area (Å²) < 4.78 is 0.761. The first kappa shape index (κ1) is 26.7. The van der Waals surface area contributed by atoms with E-state index in [2.05, 4.69) is 33.0 Å². The fourth-order valence-electron chi connectivity index (χ4n) is 9.57. The van der Waals surface area contributed by atoms with E-state index in [1.54, 1.807) is 11.3 Å². The summed E-state index contributed by atoms with van der Waals surface area (Å²) in [7, 11) is 0. The zero-order valence-corrected chi connectivity index (χ0v) is 24.0. The largest absolute Gasteiger partial charge is 0.393 e. The molecule has 6 heteroatoms. The molecule has 0 spiro atoms. The molecule has 0 aromatic carbocycles. The summed E-state index contributed by atoms with van der Waals surface area (Å²) in [6.07, 6.45) is 8.97. The van der Waals surface area contributed by atoms with Gasteiger partial charge < -0.3 is 10.4 Å². The van der Waals surface area contributed by atoms with Crippen molar-refractivity contribution in [1.82, 2.24) is 5.32 Å². The lowest BCUT2D eigenvalue weighted by Crippen LogP contribution is -2.58. The van der Waals surface area contributed by atoms with Crippen LogP contribution in [0.5, 0.6) is 0 Å². The lowest BCUT2D eigenvalue weighted by Gasteiger charge is -2.61. The highest BCUT2D eigenvalue weighted by Gasteiger charge is 2.62. The van der Waals surface area contributed by atoms with Crippen molar-refractivity contribution in [3.8, 4) is 0 Å². The predicted molar refractivity (Wildman–Crippen MR) is 146 cm³/mol. The molecule has 4 saturated carbocycles. The fraction of sp³-hybridized carbons (Fsp3) is 0.800. The van der Waals surface area contributed by atoms with Gasteiger partial charge in [-0.2, -0.15) is 0 Å². The minimum absolute atomic E-state index is 0.0259. The van der Waals surface area contributed by atoms with E-state index in [0.29, 0.717) is 54.1 Å². The molecule has 0 bridgehead atoms. The highest BCUT2D eigenvalue weighted by Crippen LogP contribution is 2.68. The van der Waals surface area contributed by atoms with Crippen LogP contribution in [0.15, 0.2) is 12.1 Å². The fourth-order valence-corrected chi connectivity index (χ4v) is 10.8. The number of nitrogens with one attached hydrogen (secondary N) is 1. The van der Waals surface area contributed by atoms with Crippen LogP contribution in [0.4, 0.5) is 0 Å². The van der Waals surface area contributed by atoms with Crippen LogP contribution in [0.2, 0.25) is 4.34 Å². The van der Waals surface area contributed by atoms with Gasteiger partial charge in [-0.1, -0.05) is 39.3 Å². The van der Waals surface area contributed by atoms with Gasteiger partial charge in [-0.15, -0.1) is 11.3 Å². The number of carbonyl (C=O) groups is 2. The van der Waals surface area contributed by atoms with E-state index in [-0.39, 0.29) is 28.9 Å². The van der Waals surface area contributed by atoms with Crippen LogP contribution in [0, 0.1) is 46.3 Å². The molecule has 1 heterocycles. The topological polar surface area (TPSA) is 66.4 Å². The summed E-state index contributed by atoms with van der Waals surface area (Å²) in [5.41, 5.74) is 0.379. The van der Waals surface area contributed by atoms with Crippen LogP contribution in [0.25, 0.3) is 0 Å². The highest BCUT2D eigenvalue weighted by atomic mass is 35.5. The van der Waals surface area contributed by atoms with Gasteiger partial charge in [0.15, 0.2) is 0 Å². The number of carbonyl (C=O) groups excluding carboxylic acids is 2. The first-order valence-electron chi connectivity index (χ1n) is 14.3. The molecule has 4 aliphatic rings. The van der Waals surface area contributed by atoms with Gasteiger partial charge in [0.25, 0.3) is 0 Å². The summed E-state index contributed by atoms with van der Waals surface area (Å²) in [4.78, 5) is 26.5. The van der Waals surface area contributed by atoms with Gasteiger partial charge in [0.1, 0.15) is 5.78 Å². The lowest BCUT2D eigenvalue weighted by molar-refractivity contribution is -0.169. The third kappa shape index (κ3) is 4.49. The van der Waals surface area contributed by atoms with Gasteiger partial charge in [-0.25, -0.2) is 0 Å². The summed E-state index contributed by atoms with van der Waals surface area (Å²) >= 11 is 7.68. The number of thiophene rings is 1. The van der Waals surface area contributed by atoms with Crippen LogP contribution in [-0.4, -0.2) is 22.9 Å². The third-order valence-corrected chi connectivity index (χ3v) is 12.8. The summed E-state index contributed by atoms with van der Waals surface area (Å²) in [5.74, 6) is 3.10. The van der Waals surface area contributed by atoms with Gasteiger partial charge in [-0.3, -0.25) is 9.59 Å². The van der Waals surface area contributed by atoms with Gasteiger partial charge in [-0.05, 0) is 103 Å². The molecule has 1 aromatic heterocycles. The Morgan fingerprint density at radius 2 is 1.94 bits per heavy atom. The second kappa shape index (κ2) is 10.0. The molecular weight excluding hydrogens is 490 g/mol. The van der Waals surface area contributed by atoms with Crippen molar-refractivity contribution in [3.63, 3.8) is 0 Å². The highest BCUT2D eigenvalue weighted by molar-refractivity contribution is 7.16. The Morgan fingerprint density at radius 1 is 1.19 bits per heavy atom. The van der Waals surface area contributed by atoms with E-state index < -0.39 is 0 Å². The maximum atomic E-state index is 13.1. The molecule has 1 aromatic rings. The standard InChI is InChI=1S/C30H44ClNO3S/c1-5-23(25-8-9-26(31)36-25)32-27(35)14-17(2)20-6-7-21-28-22(11-13-30(20,21)4)29(3)12-10-19(33)15-18(29)16-24(28)34/h8-9,17-18,20-24,28,34H,5-7,10-16H2,1-4H3,(H,32,35)/t17-,18+,20-,21+,22+,23-,24+,28+,29+,30-/m1/s1. The van der Waals surface area contributed by atoms with Crippen LogP contribution < -0.4 is 5.32 Å². The minimum Gasteiger partial charge on any atom is -0.393 e. The number of hydrogen-bond donors (Lipinski definition) is 2. The Balaban J connectivity index is 1.27. The molecule has 1 amide bonds. The van der Waals surface area contributed by atoms with E-state index in [1.807, 2.05) is 12.1 Å². The van der Waals surface area contributed by atoms with Crippen LogP contribution in [0.3, 0.4) is 0 Å². The molecule has 200 valence electrons. The number of hydrogen-bond acceptors (Lipinski definition) is 4. The molecule has 0 radical (unpaired) electrons. The quantitative estimate of drug-likeness (QED) is 0.406. The molecular formula is C30H44ClNO3S. The zero-order valence-electron chi connectivity index (χ0n) is 22.4. The Labute approximate surface area is 226 Å². The van der Waals surface area contributed by atoms with Crippen molar-refractivity contribution in [1.29, 1.82) is 0 Å². The monoisotopic (exact) mass is 533 g/mol. The number of aliphatic hydroxyl groups is 1. The maximum absolute atomic E-state index is 13.1. The molecule has 0 unspecified atom stereocenters. The summed E-state index contributed by atoms with van der Waals surface area (Å²) in [5, 5.41) is 14.7. The maximum Gasteiger partial charge on any atom is 0.220 e. The number of rotatable bonds is 6. The molecule has 2 N–H and O–H groups in total. The van der Waals surface area contributed by atoms with E-state index in [0.717, 1.165) is 54.2 Å². The molecule has 0 saturated heterocycles. The van der Waals surface area contributed by atoms with E-state index in [4.69, 9.17) is 11.6 Å². The molecule has 4 nitrogen and oxygen atoms in total. The summed E-state index contributed by atoms with van der Waals surface area (Å²) in [6, 6.07) is 3.95. The predicted octanol–water partition coefficient (Wildman–Crippen LogP) is 7.19. The number of Topliss-reactive ketones (excluding diaryl/α,β-unsaturated/α-hetero) is 1. The van der Waals surface area contributed by atoms with Crippen molar-refractivity contribution < 1.29 is 14.7 Å². The number of aliphatic hydroxyl groups excluding tert-OH is 1. The smallest absolute Gasteiger partial charge is 0.220 e. The van der Waals surface area contributed by atoms with E-state index in [9.17, 15) is 14.7 Å². The number of ketones is 1. The Kier molecular flexibility index (Phi) is 7.41.